The van der Waals surface area contributed by atoms with Crippen molar-refractivity contribution >= 4 is 46.9 Å². The maximum Gasteiger partial charge on any atom is 0.337 e. The van der Waals surface area contributed by atoms with Gasteiger partial charge in [-0.15, -0.1) is 0 Å². The molecule has 0 bridgehead atoms. The fourth-order valence-corrected chi connectivity index (χ4v) is 3.96. The molecule has 1 saturated heterocycles. The van der Waals surface area contributed by atoms with Crippen molar-refractivity contribution in [3.05, 3.63) is 82.6 Å². The first-order valence-corrected chi connectivity index (χ1v) is 11.0. The Hall–Kier alpha value is -4.04. The van der Waals surface area contributed by atoms with Gasteiger partial charge in [0.05, 0.1) is 18.4 Å². The van der Waals surface area contributed by atoms with Crippen LogP contribution in [0, 0.1) is 6.92 Å². The first-order chi connectivity index (χ1) is 16.3. The molecule has 4 rings (SSSR count). The standard InChI is InChI=1S/C26H22N2O5S/c1-4-16-5-8-18(9-6-16)28-24(30)21(23(29)27-26(28)34)14-19-10-12-22(33-19)20-11-7-17(13-15(20)2)25(31)32-3/h5-14H,4H2,1-3H3,(H,27,29,34)/b21-14+. The van der Waals surface area contributed by atoms with Crippen LogP contribution in [0.3, 0.4) is 0 Å². The number of rotatable bonds is 5. The van der Waals surface area contributed by atoms with Crippen LogP contribution < -0.4 is 10.2 Å². The van der Waals surface area contributed by atoms with E-state index in [1.807, 2.05) is 26.0 Å². The highest BCUT2D eigenvalue weighted by atomic mass is 32.1. The molecule has 2 aromatic carbocycles. The molecule has 0 aliphatic carbocycles. The van der Waals surface area contributed by atoms with E-state index in [0.717, 1.165) is 23.1 Å². The van der Waals surface area contributed by atoms with Gasteiger partial charge in [0.1, 0.15) is 17.1 Å². The van der Waals surface area contributed by atoms with Gasteiger partial charge in [0.15, 0.2) is 5.11 Å². The topological polar surface area (TPSA) is 88.8 Å². The second-order valence-corrected chi connectivity index (χ2v) is 8.09. The fraction of sp³-hybridized carbons (Fsp3) is 0.154. The summed E-state index contributed by atoms with van der Waals surface area (Å²) >= 11 is 5.25. The van der Waals surface area contributed by atoms with Crippen molar-refractivity contribution in [2.45, 2.75) is 20.3 Å². The van der Waals surface area contributed by atoms with Crippen LogP contribution in [0.2, 0.25) is 0 Å². The SMILES string of the molecule is CCc1ccc(N2C(=O)/C(=C/c3ccc(-c4ccc(C(=O)OC)cc4C)o3)C(=O)NC2=S)cc1. The number of methoxy groups -OCH3 is 1. The minimum absolute atomic E-state index is 0.0258. The molecule has 1 aliphatic rings. The quantitative estimate of drug-likeness (QED) is 0.255. The van der Waals surface area contributed by atoms with Crippen molar-refractivity contribution in [2.24, 2.45) is 0 Å². The predicted molar refractivity (Wildman–Crippen MR) is 132 cm³/mol. The van der Waals surface area contributed by atoms with Crippen molar-refractivity contribution in [2.75, 3.05) is 12.0 Å². The number of nitrogens with zero attached hydrogens (tertiary/aromatic N) is 1. The van der Waals surface area contributed by atoms with Crippen LogP contribution in [-0.2, 0) is 20.7 Å². The van der Waals surface area contributed by atoms with Gasteiger partial charge in [-0.05, 0) is 79.2 Å². The molecule has 7 nitrogen and oxygen atoms in total. The Morgan fingerprint density at radius 1 is 1.12 bits per heavy atom. The molecule has 2 amide bonds. The Balaban J connectivity index is 1.63. The molecule has 172 valence electrons. The van der Waals surface area contributed by atoms with E-state index >= 15 is 0 Å². The Kier molecular flexibility index (Phi) is 6.43. The third kappa shape index (κ3) is 4.40. The summed E-state index contributed by atoms with van der Waals surface area (Å²) < 4.78 is 10.7. The van der Waals surface area contributed by atoms with Crippen LogP contribution in [0.1, 0.15) is 34.2 Å². The number of esters is 1. The number of amides is 2. The number of hydrogen-bond donors (Lipinski definition) is 1. The van der Waals surface area contributed by atoms with Crippen LogP contribution in [0.25, 0.3) is 17.4 Å². The van der Waals surface area contributed by atoms with Crippen molar-refractivity contribution in [3.63, 3.8) is 0 Å². The molecule has 0 radical (unpaired) electrons. The number of furan rings is 1. The Labute approximate surface area is 202 Å². The average molecular weight is 475 g/mol. The average Bonchev–Trinajstić information content (AvgIpc) is 3.29. The second kappa shape index (κ2) is 9.44. The number of aryl methyl sites for hydroxylation is 2. The first-order valence-electron chi connectivity index (χ1n) is 10.6. The van der Waals surface area contributed by atoms with Crippen molar-refractivity contribution < 1.29 is 23.5 Å². The highest BCUT2D eigenvalue weighted by Gasteiger charge is 2.34. The predicted octanol–water partition coefficient (Wildman–Crippen LogP) is 4.44. The lowest BCUT2D eigenvalue weighted by Gasteiger charge is -2.28. The molecule has 2 heterocycles. The van der Waals surface area contributed by atoms with E-state index in [1.54, 1.807) is 42.5 Å². The highest BCUT2D eigenvalue weighted by molar-refractivity contribution is 7.80. The lowest BCUT2D eigenvalue weighted by Crippen LogP contribution is -2.54. The van der Waals surface area contributed by atoms with Gasteiger partial charge < -0.3 is 9.15 Å². The minimum atomic E-state index is -0.590. The molecule has 8 heteroatoms. The summed E-state index contributed by atoms with van der Waals surface area (Å²) in [5.41, 5.74) is 3.62. The van der Waals surface area contributed by atoms with E-state index in [-0.39, 0.29) is 10.7 Å². The Morgan fingerprint density at radius 2 is 1.85 bits per heavy atom. The van der Waals surface area contributed by atoms with Crippen molar-refractivity contribution in [3.8, 4) is 11.3 Å². The van der Waals surface area contributed by atoms with Crippen molar-refractivity contribution in [1.82, 2.24) is 5.32 Å². The fourth-order valence-electron chi connectivity index (χ4n) is 3.68. The van der Waals surface area contributed by atoms with E-state index in [4.69, 9.17) is 21.4 Å². The number of anilines is 1. The van der Waals surface area contributed by atoms with Gasteiger partial charge in [-0.3, -0.25) is 19.8 Å². The maximum atomic E-state index is 13.2. The summed E-state index contributed by atoms with van der Waals surface area (Å²) in [6, 6.07) is 15.9. The van der Waals surface area contributed by atoms with Gasteiger partial charge in [-0.1, -0.05) is 25.1 Å². The number of ether oxygens (including phenoxy) is 1. The second-order valence-electron chi connectivity index (χ2n) is 7.70. The van der Waals surface area contributed by atoms with Gasteiger partial charge in [-0.2, -0.15) is 0 Å². The number of carbonyl (C=O) groups is 3. The molecule has 1 aliphatic heterocycles. The van der Waals surface area contributed by atoms with Gasteiger partial charge in [-0.25, -0.2) is 4.79 Å². The van der Waals surface area contributed by atoms with Crippen LogP contribution in [0.15, 0.2) is 64.6 Å². The first kappa shape index (κ1) is 23.1. The summed E-state index contributed by atoms with van der Waals surface area (Å²) in [6.07, 6.45) is 2.26. The van der Waals surface area contributed by atoms with Gasteiger partial charge in [0.2, 0.25) is 0 Å². The largest absolute Gasteiger partial charge is 0.465 e. The van der Waals surface area contributed by atoms with E-state index in [9.17, 15) is 14.4 Å². The summed E-state index contributed by atoms with van der Waals surface area (Å²) in [5.74, 6) is -0.679. The lowest BCUT2D eigenvalue weighted by atomic mass is 10.0. The molecule has 1 aromatic heterocycles. The summed E-state index contributed by atoms with van der Waals surface area (Å²) in [7, 11) is 1.33. The third-order valence-electron chi connectivity index (χ3n) is 5.53. The number of nitrogens with one attached hydrogen (secondary N) is 1. The molecule has 0 unspecified atom stereocenters. The maximum absolute atomic E-state index is 13.2. The molecular weight excluding hydrogens is 452 g/mol. The number of carbonyl (C=O) groups excluding carboxylic acids is 3. The van der Waals surface area contributed by atoms with E-state index in [1.165, 1.54) is 18.1 Å². The molecular formula is C26H22N2O5S. The highest BCUT2D eigenvalue weighted by Crippen LogP contribution is 2.28. The van der Waals surface area contributed by atoms with Crippen LogP contribution in [0.5, 0.6) is 0 Å². The van der Waals surface area contributed by atoms with Crippen LogP contribution in [-0.4, -0.2) is 30.0 Å². The van der Waals surface area contributed by atoms with Crippen LogP contribution in [0.4, 0.5) is 5.69 Å². The van der Waals surface area contributed by atoms with Gasteiger partial charge >= 0.3 is 5.97 Å². The molecule has 0 spiro atoms. The van der Waals surface area contributed by atoms with Crippen molar-refractivity contribution in [1.29, 1.82) is 0 Å². The zero-order valence-electron chi connectivity index (χ0n) is 18.9. The zero-order valence-corrected chi connectivity index (χ0v) is 19.7. The Bertz CT molecular complexity index is 1340. The molecule has 3 aromatic rings. The van der Waals surface area contributed by atoms with E-state index < -0.39 is 17.8 Å². The van der Waals surface area contributed by atoms with E-state index in [0.29, 0.717) is 22.8 Å². The van der Waals surface area contributed by atoms with E-state index in [2.05, 4.69) is 5.32 Å². The Morgan fingerprint density at radius 3 is 2.50 bits per heavy atom. The normalized spacial score (nSPS) is 15.0. The molecule has 1 N–H and O–H groups in total. The summed E-state index contributed by atoms with van der Waals surface area (Å²) in [6.45, 7) is 3.89. The van der Waals surface area contributed by atoms with Gasteiger partial charge in [0, 0.05) is 5.56 Å². The number of hydrogen-bond acceptors (Lipinski definition) is 6. The zero-order chi connectivity index (χ0) is 24.4. The summed E-state index contributed by atoms with van der Waals surface area (Å²) in [4.78, 5) is 38.8. The minimum Gasteiger partial charge on any atom is -0.465 e. The molecule has 34 heavy (non-hydrogen) atoms. The molecule has 0 atom stereocenters. The van der Waals surface area contributed by atoms with Crippen LogP contribution >= 0.6 is 12.2 Å². The number of benzene rings is 2. The van der Waals surface area contributed by atoms with Gasteiger partial charge in [0.25, 0.3) is 11.8 Å². The number of thiocarbonyl (C=S) groups is 1. The smallest absolute Gasteiger partial charge is 0.337 e. The summed E-state index contributed by atoms with van der Waals surface area (Å²) in [5, 5.41) is 2.60. The third-order valence-corrected chi connectivity index (χ3v) is 5.82. The molecule has 1 fully saturated rings. The molecule has 0 saturated carbocycles. The lowest BCUT2D eigenvalue weighted by molar-refractivity contribution is -0.122. The monoisotopic (exact) mass is 474 g/mol.